The highest BCUT2D eigenvalue weighted by Crippen LogP contribution is 2.42. The normalized spacial score (nSPS) is 11.2. The summed E-state index contributed by atoms with van der Waals surface area (Å²) in [5, 5.41) is 28.0. The molecule has 0 unspecified atom stereocenters. The zero-order chi connectivity index (χ0) is 18.9. The Morgan fingerprint density at radius 3 is 1.96 bits per heavy atom. The molecule has 2 aromatic rings. The molecule has 0 spiro atoms. The van der Waals surface area contributed by atoms with Crippen molar-refractivity contribution in [1.29, 1.82) is 0 Å². The predicted octanol–water partition coefficient (Wildman–Crippen LogP) is 4.43. The van der Waals surface area contributed by atoms with Crippen molar-refractivity contribution in [3.8, 4) is 28.7 Å². The zero-order valence-electron chi connectivity index (χ0n) is 14.7. The van der Waals surface area contributed by atoms with Crippen molar-refractivity contribution in [2.24, 2.45) is 0 Å². The molecule has 0 aromatic heterocycles. The van der Waals surface area contributed by atoms with Crippen LogP contribution >= 0.6 is 0 Å². The molecule has 0 heterocycles. The summed E-state index contributed by atoms with van der Waals surface area (Å²) >= 11 is 0. The Balaban J connectivity index is 2.37. The van der Waals surface area contributed by atoms with Crippen LogP contribution < -0.4 is 14.2 Å². The highest BCUT2D eigenvalue weighted by molar-refractivity contribution is 5.56. The van der Waals surface area contributed by atoms with E-state index in [4.69, 9.17) is 24.4 Å². The molecular formula is C20H22O6. The molecule has 6 nitrogen and oxygen atoms in total. The standard InChI is InChI=1S/C20H22O6/c1-24-17-11-14(5-3-9-21)7-8-16(17)26-19-13-15(6-4-10-22)12-18(25-2)20(19)23/h3-4,7-13,21-23H,5-6H2,1-2H3/b9-3-,10-4+. The van der Waals surface area contributed by atoms with Gasteiger partial charge < -0.3 is 29.5 Å². The second-order valence-corrected chi connectivity index (χ2v) is 5.41. The summed E-state index contributed by atoms with van der Waals surface area (Å²) in [4.78, 5) is 0. The monoisotopic (exact) mass is 358 g/mol. The van der Waals surface area contributed by atoms with Crippen molar-refractivity contribution in [2.75, 3.05) is 14.2 Å². The number of benzene rings is 2. The summed E-state index contributed by atoms with van der Waals surface area (Å²) in [6.45, 7) is 0. The molecule has 0 aliphatic heterocycles. The van der Waals surface area contributed by atoms with Crippen LogP contribution in [0.1, 0.15) is 11.1 Å². The Kier molecular flexibility index (Phi) is 6.79. The highest BCUT2D eigenvalue weighted by Gasteiger charge is 2.15. The van der Waals surface area contributed by atoms with Crippen molar-refractivity contribution < 1.29 is 29.5 Å². The number of aliphatic hydroxyl groups excluding tert-OH is 2. The molecule has 0 aliphatic carbocycles. The van der Waals surface area contributed by atoms with Gasteiger partial charge in [-0.15, -0.1) is 0 Å². The molecular weight excluding hydrogens is 336 g/mol. The summed E-state index contributed by atoms with van der Waals surface area (Å²) in [6.07, 6.45) is 6.14. The largest absolute Gasteiger partial charge is 0.516 e. The fraction of sp³-hybridized carbons (Fsp3) is 0.200. The first kappa shape index (κ1) is 19.1. The second kappa shape index (κ2) is 9.27. The van der Waals surface area contributed by atoms with Gasteiger partial charge in [0.15, 0.2) is 23.0 Å². The van der Waals surface area contributed by atoms with Crippen molar-refractivity contribution in [3.05, 3.63) is 66.1 Å². The minimum absolute atomic E-state index is 0.126. The predicted molar refractivity (Wildman–Crippen MR) is 98.7 cm³/mol. The number of rotatable bonds is 8. The Morgan fingerprint density at radius 1 is 0.769 bits per heavy atom. The number of aromatic hydroxyl groups is 1. The first-order valence-corrected chi connectivity index (χ1v) is 7.96. The number of aliphatic hydroxyl groups is 2. The third-order valence-electron chi connectivity index (χ3n) is 3.69. The topological polar surface area (TPSA) is 88.4 Å². The molecule has 3 N–H and O–H groups in total. The van der Waals surface area contributed by atoms with Crippen LogP contribution in [0.5, 0.6) is 28.7 Å². The first-order chi connectivity index (χ1) is 12.6. The van der Waals surface area contributed by atoms with Crippen LogP contribution in [0, 0.1) is 0 Å². The van der Waals surface area contributed by atoms with Gasteiger partial charge in [0.05, 0.1) is 26.7 Å². The molecule has 138 valence electrons. The van der Waals surface area contributed by atoms with Gasteiger partial charge >= 0.3 is 0 Å². The second-order valence-electron chi connectivity index (χ2n) is 5.41. The highest BCUT2D eigenvalue weighted by atomic mass is 16.5. The number of hydrogen-bond acceptors (Lipinski definition) is 6. The lowest BCUT2D eigenvalue weighted by molar-refractivity contribution is 0.343. The summed E-state index contributed by atoms with van der Waals surface area (Å²) < 4.78 is 16.4. The Hall–Kier alpha value is -3.28. The average molecular weight is 358 g/mol. The van der Waals surface area contributed by atoms with Crippen LogP contribution in [0.2, 0.25) is 0 Å². The van der Waals surface area contributed by atoms with E-state index in [1.54, 1.807) is 36.4 Å². The fourth-order valence-corrected chi connectivity index (χ4v) is 2.41. The van der Waals surface area contributed by atoms with E-state index in [9.17, 15) is 5.11 Å². The maximum Gasteiger partial charge on any atom is 0.201 e. The van der Waals surface area contributed by atoms with E-state index in [0.29, 0.717) is 24.3 Å². The lowest BCUT2D eigenvalue weighted by Crippen LogP contribution is -1.95. The van der Waals surface area contributed by atoms with Gasteiger partial charge in [-0.25, -0.2) is 0 Å². The van der Waals surface area contributed by atoms with E-state index in [2.05, 4.69) is 0 Å². The molecule has 0 saturated heterocycles. The Labute approximate surface area is 152 Å². The van der Waals surface area contributed by atoms with E-state index in [0.717, 1.165) is 23.7 Å². The van der Waals surface area contributed by atoms with E-state index in [1.165, 1.54) is 14.2 Å². The molecule has 0 bridgehead atoms. The maximum absolute atomic E-state index is 10.3. The fourth-order valence-electron chi connectivity index (χ4n) is 2.41. The van der Waals surface area contributed by atoms with Crippen molar-refractivity contribution in [1.82, 2.24) is 0 Å². The van der Waals surface area contributed by atoms with Crippen LogP contribution in [0.25, 0.3) is 0 Å². The number of allylic oxidation sites excluding steroid dienone is 2. The summed E-state index contributed by atoms with van der Waals surface area (Å²) in [7, 11) is 2.98. The Bertz CT molecular complexity index is 795. The van der Waals surface area contributed by atoms with Gasteiger partial charge in [0.25, 0.3) is 0 Å². The summed E-state index contributed by atoms with van der Waals surface area (Å²) in [5.41, 5.74) is 1.73. The van der Waals surface area contributed by atoms with Crippen LogP contribution in [0.15, 0.2) is 55.0 Å². The molecule has 0 amide bonds. The smallest absolute Gasteiger partial charge is 0.201 e. The third-order valence-corrected chi connectivity index (χ3v) is 3.69. The molecule has 0 radical (unpaired) electrons. The zero-order valence-corrected chi connectivity index (χ0v) is 14.7. The van der Waals surface area contributed by atoms with Gasteiger partial charge in [0.2, 0.25) is 5.75 Å². The van der Waals surface area contributed by atoms with Gasteiger partial charge in [0, 0.05) is 0 Å². The minimum Gasteiger partial charge on any atom is -0.516 e. The summed E-state index contributed by atoms with van der Waals surface area (Å²) in [6, 6.07) is 8.70. The lowest BCUT2D eigenvalue weighted by atomic mass is 10.1. The van der Waals surface area contributed by atoms with Gasteiger partial charge in [-0.1, -0.05) is 6.07 Å². The lowest BCUT2D eigenvalue weighted by Gasteiger charge is -2.15. The molecule has 2 rings (SSSR count). The van der Waals surface area contributed by atoms with Crippen molar-refractivity contribution >= 4 is 0 Å². The van der Waals surface area contributed by atoms with Crippen molar-refractivity contribution in [2.45, 2.75) is 12.8 Å². The number of phenols is 1. The van der Waals surface area contributed by atoms with Gasteiger partial charge in [-0.2, -0.15) is 0 Å². The average Bonchev–Trinajstić information content (AvgIpc) is 2.67. The minimum atomic E-state index is -0.126. The van der Waals surface area contributed by atoms with Crippen LogP contribution in [-0.2, 0) is 12.8 Å². The van der Waals surface area contributed by atoms with E-state index >= 15 is 0 Å². The van der Waals surface area contributed by atoms with Gasteiger partial charge in [-0.3, -0.25) is 0 Å². The van der Waals surface area contributed by atoms with Gasteiger partial charge in [-0.05, 0) is 60.4 Å². The summed E-state index contributed by atoms with van der Waals surface area (Å²) in [5.74, 6) is 1.28. The van der Waals surface area contributed by atoms with Crippen LogP contribution in [0.3, 0.4) is 0 Å². The number of phenolic OH excluding ortho intramolecular Hbond substituents is 1. The molecule has 6 heteroatoms. The number of hydrogen-bond donors (Lipinski definition) is 3. The number of ether oxygens (including phenoxy) is 3. The molecule has 2 aromatic carbocycles. The third kappa shape index (κ3) is 4.63. The maximum atomic E-state index is 10.3. The quantitative estimate of drug-likeness (QED) is 0.605. The Morgan fingerprint density at radius 2 is 1.35 bits per heavy atom. The van der Waals surface area contributed by atoms with E-state index < -0.39 is 0 Å². The van der Waals surface area contributed by atoms with Gasteiger partial charge in [0.1, 0.15) is 0 Å². The SMILES string of the molecule is COc1cc(C/C=C\O)ccc1Oc1cc(C/C=C/O)cc(OC)c1O. The van der Waals surface area contributed by atoms with E-state index in [-0.39, 0.29) is 17.2 Å². The molecule has 0 atom stereocenters. The first-order valence-electron chi connectivity index (χ1n) is 7.96. The molecule has 26 heavy (non-hydrogen) atoms. The van der Waals surface area contributed by atoms with Crippen LogP contribution in [0.4, 0.5) is 0 Å². The molecule has 0 aliphatic rings. The van der Waals surface area contributed by atoms with Crippen LogP contribution in [-0.4, -0.2) is 29.5 Å². The van der Waals surface area contributed by atoms with Crippen molar-refractivity contribution in [3.63, 3.8) is 0 Å². The van der Waals surface area contributed by atoms with E-state index in [1.807, 2.05) is 6.07 Å². The molecule has 0 fully saturated rings. The molecule has 0 saturated carbocycles. The number of methoxy groups -OCH3 is 2.